The first kappa shape index (κ1) is 16.6. The zero-order valence-electron chi connectivity index (χ0n) is 11.6. The lowest BCUT2D eigenvalue weighted by Crippen LogP contribution is -2.42. The molecular formula is C14H26O5. The van der Waals surface area contributed by atoms with Gasteiger partial charge in [0.2, 0.25) is 0 Å². The second-order valence-electron chi connectivity index (χ2n) is 4.87. The van der Waals surface area contributed by atoms with Gasteiger partial charge in [0, 0.05) is 6.61 Å². The van der Waals surface area contributed by atoms with Gasteiger partial charge >= 0.3 is 0 Å². The van der Waals surface area contributed by atoms with Crippen molar-refractivity contribution < 1.29 is 24.8 Å². The Balaban J connectivity index is 2.18. The van der Waals surface area contributed by atoms with Crippen molar-refractivity contribution in [3.8, 4) is 0 Å². The van der Waals surface area contributed by atoms with Crippen LogP contribution in [0.4, 0.5) is 0 Å². The van der Waals surface area contributed by atoms with E-state index in [-0.39, 0.29) is 13.2 Å². The Labute approximate surface area is 114 Å². The average molecular weight is 274 g/mol. The minimum absolute atomic E-state index is 0.147. The van der Waals surface area contributed by atoms with E-state index >= 15 is 0 Å². The molecule has 1 rings (SSSR count). The van der Waals surface area contributed by atoms with Gasteiger partial charge in [-0.3, -0.25) is 0 Å². The molecule has 0 aromatic carbocycles. The molecule has 1 aliphatic heterocycles. The number of ether oxygens (including phenoxy) is 2. The quantitative estimate of drug-likeness (QED) is 0.424. The highest BCUT2D eigenvalue weighted by atomic mass is 16.6. The van der Waals surface area contributed by atoms with Gasteiger partial charge in [-0.1, -0.05) is 18.6 Å². The van der Waals surface area contributed by atoms with Gasteiger partial charge in [0.25, 0.3) is 0 Å². The van der Waals surface area contributed by atoms with Crippen LogP contribution < -0.4 is 0 Å². The molecule has 0 spiro atoms. The van der Waals surface area contributed by atoms with E-state index in [0.717, 1.165) is 25.7 Å². The number of unbranched alkanes of at least 4 members (excludes halogenated alkanes) is 3. The summed E-state index contributed by atoms with van der Waals surface area (Å²) in [6.07, 6.45) is 5.47. The fourth-order valence-electron chi connectivity index (χ4n) is 2.19. The zero-order valence-corrected chi connectivity index (χ0v) is 11.6. The Hall–Kier alpha value is -0.460. The van der Waals surface area contributed by atoms with Gasteiger partial charge in [-0.15, -0.1) is 0 Å². The van der Waals surface area contributed by atoms with Gasteiger partial charge in [-0.2, -0.15) is 0 Å². The largest absolute Gasteiger partial charge is 0.394 e. The Morgan fingerprint density at radius 2 is 2.16 bits per heavy atom. The second kappa shape index (κ2) is 9.44. The Bertz CT molecular complexity index is 256. The second-order valence-corrected chi connectivity index (χ2v) is 4.87. The zero-order chi connectivity index (χ0) is 14.1. The van der Waals surface area contributed by atoms with Crippen LogP contribution in [-0.4, -0.2) is 59.6 Å². The molecule has 1 saturated heterocycles. The van der Waals surface area contributed by atoms with Crippen molar-refractivity contribution in [1.29, 1.82) is 0 Å². The summed E-state index contributed by atoms with van der Waals surface area (Å²) in [5.41, 5.74) is 0. The molecule has 1 heterocycles. The molecule has 0 amide bonds. The summed E-state index contributed by atoms with van der Waals surface area (Å²) in [5, 5.41) is 28.2. The molecule has 19 heavy (non-hydrogen) atoms. The van der Waals surface area contributed by atoms with Crippen molar-refractivity contribution >= 4 is 0 Å². The average Bonchev–Trinajstić information content (AvgIpc) is 2.78. The van der Waals surface area contributed by atoms with Crippen LogP contribution in [0, 0.1) is 0 Å². The van der Waals surface area contributed by atoms with Gasteiger partial charge in [0.15, 0.2) is 0 Å². The lowest BCUT2D eigenvalue weighted by molar-refractivity contribution is -0.0937. The van der Waals surface area contributed by atoms with Crippen molar-refractivity contribution in [1.82, 2.24) is 0 Å². The van der Waals surface area contributed by atoms with Gasteiger partial charge in [0.05, 0.1) is 13.2 Å². The van der Waals surface area contributed by atoms with E-state index in [4.69, 9.17) is 14.6 Å². The third-order valence-corrected chi connectivity index (χ3v) is 3.29. The van der Waals surface area contributed by atoms with Crippen LogP contribution >= 0.6 is 0 Å². The molecule has 0 aromatic rings. The molecule has 0 bridgehead atoms. The maximum absolute atomic E-state index is 9.72. The van der Waals surface area contributed by atoms with E-state index in [1.54, 1.807) is 0 Å². The monoisotopic (exact) mass is 274 g/mol. The molecule has 0 saturated carbocycles. The summed E-state index contributed by atoms with van der Waals surface area (Å²) in [4.78, 5) is 0. The normalized spacial score (nSPS) is 29.2. The first-order valence-electron chi connectivity index (χ1n) is 7.02. The SMILES string of the molecule is C/C=C/CCCCCO[C@@H]1[C@H]([C@@H](O)CO)OC[C@H]1O. The van der Waals surface area contributed by atoms with Crippen molar-refractivity contribution in [3.63, 3.8) is 0 Å². The number of rotatable bonds is 9. The lowest BCUT2D eigenvalue weighted by Gasteiger charge is -2.23. The topological polar surface area (TPSA) is 79.2 Å². The summed E-state index contributed by atoms with van der Waals surface area (Å²) < 4.78 is 10.8. The number of aliphatic hydroxyl groups is 3. The first-order valence-corrected chi connectivity index (χ1v) is 7.02. The highest BCUT2D eigenvalue weighted by Gasteiger charge is 2.40. The van der Waals surface area contributed by atoms with Gasteiger partial charge in [-0.05, 0) is 26.2 Å². The molecule has 0 aliphatic carbocycles. The van der Waals surface area contributed by atoms with Crippen molar-refractivity contribution in [2.75, 3.05) is 19.8 Å². The van der Waals surface area contributed by atoms with Crippen molar-refractivity contribution in [3.05, 3.63) is 12.2 Å². The maximum atomic E-state index is 9.72. The molecule has 112 valence electrons. The third kappa shape index (κ3) is 5.58. The molecule has 1 aliphatic rings. The highest BCUT2D eigenvalue weighted by molar-refractivity contribution is 4.89. The van der Waals surface area contributed by atoms with E-state index in [2.05, 4.69) is 6.08 Å². The van der Waals surface area contributed by atoms with E-state index in [9.17, 15) is 10.2 Å². The van der Waals surface area contributed by atoms with Crippen LogP contribution in [0.15, 0.2) is 12.2 Å². The minimum Gasteiger partial charge on any atom is -0.394 e. The number of hydrogen-bond donors (Lipinski definition) is 3. The van der Waals surface area contributed by atoms with E-state index in [1.165, 1.54) is 0 Å². The summed E-state index contributed by atoms with van der Waals surface area (Å²) in [6, 6.07) is 0. The lowest BCUT2D eigenvalue weighted by atomic mass is 10.1. The van der Waals surface area contributed by atoms with E-state index in [0.29, 0.717) is 6.61 Å². The fourth-order valence-corrected chi connectivity index (χ4v) is 2.19. The Morgan fingerprint density at radius 1 is 1.37 bits per heavy atom. The third-order valence-electron chi connectivity index (χ3n) is 3.29. The number of hydrogen-bond acceptors (Lipinski definition) is 5. The molecule has 0 radical (unpaired) electrons. The molecule has 5 heteroatoms. The molecule has 1 fully saturated rings. The summed E-state index contributed by atoms with van der Waals surface area (Å²) >= 11 is 0. The van der Waals surface area contributed by atoms with Gasteiger partial charge in [-0.25, -0.2) is 0 Å². The Morgan fingerprint density at radius 3 is 2.84 bits per heavy atom. The minimum atomic E-state index is -1.00. The van der Waals surface area contributed by atoms with Gasteiger partial charge < -0.3 is 24.8 Å². The fraction of sp³-hybridized carbons (Fsp3) is 0.857. The summed E-state index contributed by atoms with van der Waals surface area (Å²) in [6.45, 7) is 2.31. The molecule has 0 aromatic heterocycles. The Kier molecular flexibility index (Phi) is 8.25. The first-order chi connectivity index (χ1) is 9.20. The van der Waals surface area contributed by atoms with Crippen LogP contribution in [-0.2, 0) is 9.47 Å². The van der Waals surface area contributed by atoms with Crippen LogP contribution in [0.3, 0.4) is 0 Å². The van der Waals surface area contributed by atoms with Crippen LogP contribution in [0.5, 0.6) is 0 Å². The van der Waals surface area contributed by atoms with E-state index < -0.39 is 24.4 Å². The molecule has 0 unspecified atom stereocenters. The van der Waals surface area contributed by atoms with Crippen LogP contribution in [0.1, 0.15) is 32.6 Å². The maximum Gasteiger partial charge on any atom is 0.114 e. The summed E-state index contributed by atoms with van der Waals surface area (Å²) in [5.74, 6) is 0. The predicted octanol–water partition coefficient (Wildman–Crippen LogP) is 0.621. The number of aliphatic hydroxyl groups excluding tert-OH is 3. The van der Waals surface area contributed by atoms with Crippen molar-refractivity contribution in [2.24, 2.45) is 0 Å². The standard InChI is InChI=1S/C14H26O5/c1-2-3-4-5-6-7-8-18-14-12(17)10-19-13(14)11(16)9-15/h2-3,11-17H,4-10H2,1H3/b3-2+/t11-,12+,13-,14-/m0/s1. The smallest absolute Gasteiger partial charge is 0.114 e. The van der Waals surface area contributed by atoms with Gasteiger partial charge in [0.1, 0.15) is 24.4 Å². The number of allylic oxidation sites excluding steroid dienone is 2. The van der Waals surface area contributed by atoms with Crippen molar-refractivity contribution in [2.45, 2.75) is 57.0 Å². The van der Waals surface area contributed by atoms with Crippen LogP contribution in [0.2, 0.25) is 0 Å². The highest BCUT2D eigenvalue weighted by Crippen LogP contribution is 2.21. The predicted molar refractivity (Wildman–Crippen MR) is 71.9 cm³/mol. The summed E-state index contributed by atoms with van der Waals surface area (Å²) in [7, 11) is 0. The molecule has 4 atom stereocenters. The van der Waals surface area contributed by atoms with Crippen LogP contribution in [0.25, 0.3) is 0 Å². The molecule has 3 N–H and O–H groups in total. The van der Waals surface area contributed by atoms with E-state index in [1.807, 2.05) is 13.0 Å². The molecular weight excluding hydrogens is 248 g/mol. The molecule has 5 nitrogen and oxygen atoms in total.